The van der Waals surface area contributed by atoms with Crippen LogP contribution in [0.1, 0.15) is 44.7 Å². The number of imidazole rings is 1. The Morgan fingerprint density at radius 1 is 1.38 bits per heavy atom. The SMILES string of the molecule is CCC1CCC(N(C)c2nc3sccn3c2CNC)CC1. The van der Waals surface area contributed by atoms with Gasteiger partial charge in [0, 0.05) is 31.2 Å². The van der Waals surface area contributed by atoms with E-state index in [1.54, 1.807) is 11.3 Å². The van der Waals surface area contributed by atoms with Gasteiger partial charge in [-0.2, -0.15) is 0 Å². The first-order valence-corrected chi connectivity index (χ1v) is 8.94. The van der Waals surface area contributed by atoms with Gasteiger partial charge in [-0.3, -0.25) is 4.40 Å². The summed E-state index contributed by atoms with van der Waals surface area (Å²) in [5, 5.41) is 5.39. The van der Waals surface area contributed by atoms with Crippen molar-refractivity contribution in [1.82, 2.24) is 14.7 Å². The fourth-order valence-electron chi connectivity index (χ4n) is 3.55. The van der Waals surface area contributed by atoms with Crippen LogP contribution in [0.2, 0.25) is 0 Å². The molecule has 0 aromatic carbocycles. The number of fused-ring (bicyclic) bond motifs is 1. The fourth-order valence-corrected chi connectivity index (χ4v) is 4.28. The zero-order chi connectivity index (χ0) is 14.8. The zero-order valence-corrected chi connectivity index (χ0v) is 14.1. The van der Waals surface area contributed by atoms with Crippen molar-refractivity contribution in [3.8, 4) is 0 Å². The quantitative estimate of drug-likeness (QED) is 0.917. The van der Waals surface area contributed by atoms with E-state index in [0.717, 1.165) is 23.2 Å². The van der Waals surface area contributed by atoms with Gasteiger partial charge in [0.25, 0.3) is 0 Å². The largest absolute Gasteiger partial charge is 0.355 e. The molecule has 1 saturated carbocycles. The molecule has 4 nitrogen and oxygen atoms in total. The third kappa shape index (κ3) is 2.81. The van der Waals surface area contributed by atoms with Crippen molar-refractivity contribution in [2.45, 2.75) is 51.6 Å². The zero-order valence-electron chi connectivity index (χ0n) is 13.3. The molecule has 3 rings (SSSR count). The summed E-state index contributed by atoms with van der Waals surface area (Å²) in [4.78, 5) is 8.40. The predicted octanol–water partition coefficient (Wildman–Crippen LogP) is 3.52. The first-order chi connectivity index (χ1) is 10.2. The molecule has 1 aliphatic rings. The molecule has 2 heterocycles. The number of rotatable bonds is 5. The summed E-state index contributed by atoms with van der Waals surface area (Å²) < 4.78 is 2.23. The first-order valence-electron chi connectivity index (χ1n) is 8.06. The Morgan fingerprint density at radius 3 is 2.81 bits per heavy atom. The van der Waals surface area contributed by atoms with E-state index < -0.39 is 0 Å². The second-order valence-electron chi connectivity index (χ2n) is 6.16. The average molecular weight is 306 g/mol. The third-order valence-electron chi connectivity index (χ3n) is 4.96. The number of nitrogens with zero attached hydrogens (tertiary/aromatic N) is 3. The van der Waals surface area contributed by atoms with Crippen LogP contribution < -0.4 is 10.2 Å². The van der Waals surface area contributed by atoms with Gasteiger partial charge in [-0.1, -0.05) is 13.3 Å². The Bertz CT molecular complexity index is 580. The molecule has 0 saturated heterocycles. The molecule has 1 fully saturated rings. The third-order valence-corrected chi connectivity index (χ3v) is 5.72. The van der Waals surface area contributed by atoms with Crippen LogP contribution in [0.25, 0.3) is 4.96 Å². The van der Waals surface area contributed by atoms with Crippen molar-refractivity contribution in [1.29, 1.82) is 0 Å². The lowest BCUT2D eigenvalue weighted by Gasteiger charge is -2.35. The molecule has 5 heteroatoms. The van der Waals surface area contributed by atoms with Gasteiger partial charge in [0.15, 0.2) is 10.8 Å². The van der Waals surface area contributed by atoms with Crippen LogP contribution in [0.4, 0.5) is 5.82 Å². The topological polar surface area (TPSA) is 32.6 Å². The van der Waals surface area contributed by atoms with E-state index in [1.165, 1.54) is 37.8 Å². The molecule has 0 amide bonds. The molecule has 1 N–H and O–H groups in total. The minimum atomic E-state index is 0.646. The molecule has 0 bridgehead atoms. The lowest BCUT2D eigenvalue weighted by atomic mass is 9.84. The molecular weight excluding hydrogens is 280 g/mol. The van der Waals surface area contributed by atoms with Crippen molar-refractivity contribution < 1.29 is 0 Å². The van der Waals surface area contributed by atoms with E-state index in [-0.39, 0.29) is 0 Å². The van der Waals surface area contributed by atoms with E-state index in [1.807, 2.05) is 7.05 Å². The smallest absolute Gasteiger partial charge is 0.195 e. The van der Waals surface area contributed by atoms with Crippen LogP contribution in [0.15, 0.2) is 11.6 Å². The minimum absolute atomic E-state index is 0.646. The summed E-state index contributed by atoms with van der Waals surface area (Å²) in [5.41, 5.74) is 1.29. The van der Waals surface area contributed by atoms with Crippen molar-refractivity contribution in [3.05, 3.63) is 17.3 Å². The number of anilines is 1. The van der Waals surface area contributed by atoms with Gasteiger partial charge >= 0.3 is 0 Å². The summed E-state index contributed by atoms with van der Waals surface area (Å²) in [6, 6.07) is 0.646. The van der Waals surface area contributed by atoms with Crippen molar-refractivity contribution in [2.24, 2.45) is 5.92 Å². The Labute approximate surface area is 131 Å². The van der Waals surface area contributed by atoms with Gasteiger partial charge in [-0.25, -0.2) is 4.98 Å². The Balaban J connectivity index is 1.82. The highest BCUT2D eigenvalue weighted by atomic mass is 32.1. The summed E-state index contributed by atoms with van der Waals surface area (Å²) >= 11 is 1.71. The highest BCUT2D eigenvalue weighted by Crippen LogP contribution is 2.33. The molecule has 21 heavy (non-hydrogen) atoms. The fraction of sp³-hybridized carbons (Fsp3) is 0.688. The number of hydrogen-bond acceptors (Lipinski definition) is 4. The van der Waals surface area contributed by atoms with E-state index in [4.69, 9.17) is 4.98 Å². The normalized spacial score (nSPS) is 22.8. The average Bonchev–Trinajstić information content (AvgIpc) is 3.09. The molecule has 0 unspecified atom stereocenters. The molecule has 2 aromatic rings. The Kier molecular flexibility index (Phi) is 4.50. The predicted molar refractivity (Wildman–Crippen MR) is 90.3 cm³/mol. The van der Waals surface area contributed by atoms with Gasteiger partial charge in [0.05, 0.1) is 5.69 Å². The summed E-state index contributed by atoms with van der Waals surface area (Å²) in [7, 11) is 4.23. The molecule has 2 aromatic heterocycles. The molecule has 0 atom stereocenters. The van der Waals surface area contributed by atoms with Gasteiger partial charge in [0.2, 0.25) is 0 Å². The lowest BCUT2D eigenvalue weighted by molar-refractivity contribution is 0.312. The maximum Gasteiger partial charge on any atom is 0.195 e. The van der Waals surface area contributed by atoms with Crippen LogP contribution in [-0.2, 0) is 6.54 Å². The maximum absolute atomic E-state index is 4.87. The summed E-state index contributed by atoms with van der Waals surface area (Å²) in [6.45, 7) is 3.19. The number of thiazole rings is 1. The molecule has 1 aliphatic carbocycles. The highest BCUT2D eigenvalue weighted by Gasteiger charge is 2.26. The van der Waals surface area contributed by atoms with Crippen molar-refractivity contribution in [3.63, 3.8) is 0 Å². The van der Waals surface area contributed by atoms with E-state index in [0.29, 0.717) is 6.04 Å². The van der Waals surface area contributed by atoms with Gasteiger partial charge in [0.1, 0.15) is 0 Å². The van der Waals surface area contributed by atoms with Crippen LogP contribution in [-0.4, -0.2) is 29.5 Å². The monoisotopic (exact) mass is 306 g/mol. The van der Waals surface area contributed by atoms with E-state index >= 15 is 0 Å². The number of hydrogen-bond donors (Lipinski definition) is 1. The molecule has 0 radical (unpaired) electrons. The maximum atomic E-state index is 4.87. The highest BCUT2D eigenvalue weighted by molar-refractivity contribution is 7.15. The van der Waals surface area contributed by atoms with Crippen LogP contribution in [0.3, 0.4) is 0 Å². The van der Waals surface area contributed by atoms with Crippen LogP contribution in [0, 0.1) is 5.92 Å². The van der Waals surface area contributed by atoms with Gasteiger partial charge in [-0.05, 0) is 38.6 Å². The lowest BCUT2D eigenvalue weighted by Crippen LogP contribution is -2.36. The Hall–Kier alpha value is -1.07. The number of nitrogens with one attached hydrogen (secondary N) is 1. The second kappa shape index (κ2) is 6.36. The van der Waals surface area contributed by atoms with Gasteiger partial charge in [-0.15, -0.1) is 11.3 Å². The van der Waals surface area contributed by atoms with E-state index in [9.17, 15) is 0 Å². The van der Waals surface area contributed by atoms with E-state index in [2.05, 4.69) is 40.2 Å². The Morgan fingerprint density at radius 2 is 2.14 bits per heavy atom. The standard InChI is InChI=1S/C16H26N4S/c1-4-12-5-7-13(8-6-12)19(3)15-14(11-17-2)20-9-10-21-16(20)18-15/h9-10,12-13,17H,4-8,11H2,1-3H3. The molecule has 116 valence electrons. The van der Waals surface area contributed by atoms with Crippen molar-refractivity contribution in [2.75, 3.05) is 19.0 Å². The summed E-state index contributed by atoms with van der Waals surface area (Å²) in [5.74, 6) is 2.10. The second-order valence-corrected chi connectivity index (χ2v) is 7.03. The van der Waals surface area contributed by atoms with Crippen LogP contribution >= 0.6 is 11.3 Å². The van der Waals surface area contributed by atoms with Crippen molar-refractivity contribution >= 4 is 22.1 Å². The minimum Gasteiger partial charge on any atom is -0.355 e. The summed E-state index contributed by atoms with van der Waals surface area (Å²) in [6.07, 6.45) is 8.81. The first kappa shape index (κ1) is 14.9. The number of aromatic nitrogens is 2. The van der Waals surface area contributed by atoms with Crippen LogP contribution in [0.5, 0.6) is 0 Å². The molecular formula is C16H26N4S. The molecule has 0 aliphatic heterocycles. The molecule has 0 spiro atoms. The van der Waals surface area contributed by atoms with Gasteiger partial charge < -0.3 is 10.2 Å².